The minimum Gasteiger partial charge on any atom is -0.481 e. The summed E-state index contributed by atoms with van der Waals surface area (Å²) in [6, 6.07) is 13.2. The number of methoxy groups -OCH3 is 1. The number of hydrogen-bond acceptors (Lipinski definition) is 9. The van der Waals surface area contributed by atoms with Gasteiger partial charge in [0.25, 0.3) is 5.91 Å². The van der Waals surface area contributed by atoms with Crippen LogP contribution in [-0.2, 0) is 24.4 Å². The molecule has 11 nitrogen and oxygen atoms in total. The molecule has 4 N–H and O–H groups in total. The lowest BCUT2D eigenvalue weighted by molar-refractivity contribution is -0.119. The molecule has 6 rings (SSSR count). The second kappa shape index (κ2) is 13.9. The molecule has 4 aromatic rings. The van der Waals surface area contributed by atoms with Gasteiger partial charge in [0.05, 0.1) is 30.1 Å². The molecule has 12 heteroatoms. The molecule has 2 aliphatic heterocycles. The number of nitrogens with zero attached hydrogens (tertiary/aromatic N) is 4. The predicted octanol–water partition coefficient (Wildman–Crippen LogP) is 4.10. The molecular weight excluding hydrogens is 606 g/mol. The highest BCUT2D eigenvalue weighted by atomic mass is 35.5. The molecule has 5 heterocycles. The van der Waals surface area contributed by atoms with Crippen molar-refractivity contribution < 1.29 is 19.4 Å². The van der Waals surface area contributed by atoms with Gasteiger partial charge in [-0.05, 0) is 54.3 Å². The van der Waals surface area contributed by atoms with Crippen molar-refractivity contribution in [2.24, 2.45) is 0 Å². The van der Waals surface area contributed by atoms with E-state index in [0.29, 0.717) is 78.4 Å². The number of rotatable bonds is 11. The first-order valence-electron chi connectivity index (χ1n) is 15.3. The van der Waals surface area contributed by atoms with Gasteiger partial charge in [-0.1, -0.05) is 29.8 Å². The van der Waals surface area contributed by atoms with Gasteiger partial charge in [0.1, 0.15) is 5.69 Å². The highest BCUT2D eigenvalue weighted by molar-refractivity contribution is 6.35. The van der Waals surface area contributed by atoms with E-state index in [1.807, 2.05) is 49.4 Å². The first-order chi connectivity index (χ1) is 22.3. The molecule has 2 aliphatic rings. The third-order valence-corrected chi connectivity index (χ3v) is 8.83. The third-order valence-electron chi connectivity index (χ3n) is 8.45. The number of carbonyl (C=O) groups excluding carboxylic acids is 2. The van der Waals surface area contributed by atoms with Crippen LogP contribution in [0.4, 0.5) is 5.69 Å². The first kappa shape index (κ1) is 31.6. The van der Waals surface area contributed by atoms with Crippen molar-refractivity contribution in [3.8, 4) is 28.4 Å². The van der Waals surface area contributed by atoms with E-state index in [4.69, 9.17) is 21.3 Å². The zero-order valence-electron chi connectivity index (χ0n) is 25.8. The second-order valence-corrected chi connectivity index (χ2v) is 11.9. The van der Waals surface area contributed by atoms with E-state index in [1.165, 1.54) is 0 Å². The molecule has 0 unspecified atom stereocenters. The van der Waals surface area contributed by atoms with E-state index in [0.717, 1.165) is 34.2 Å². The number of β-amino-alcohol motifs (C(OH)–C–C–N with tert-alkyl or cyclic N) is 1. The predicted molar refractivity (Wildman–Crippen MR) is 175 cm³/mol. The number of benzene rings is 1. The molecule has 1 atom stereocenters. The van der Waals surface area contributed by atoms with Gasteiger partial charge >= 0.3 is 0 Å². The number of aliphatic hydroxyl groups excluding tert-OH is 1. The normalized spacial score (nSPS) is 15.9. The van der Waals surface area contributed by atoms with Crippen LogP contribution in [0.25, 0.3) is 22.5 Å². The van der Waals surface area contributed by atoms with Crippen molar-refractivity contribution in [2.45, 2.75) is 45.4 Å². The second-order valence-electron chi connectivity index (χ2n) is 11.5. The quantitative estimate of drug-likeness (QED) is 0.190. The number of nitrogens with one attached hydrogen (secondary N) is 3. The standard InChI is InChI=1S/C34H36ClN7O4/c1-20-25(4-3-5-27(20)40-33(45)29-14-22-18-42(12-13-43)19-23(22)16-38-29)32-31(35)26(10-11-37-32)28-8-6-21(34(41-28)46-2)15-36-17-24-7-9-30(44)39-24/h3-6,8,10-11,14,16,24,36,43H,7,9,12-13,15,17-19H2,1-2H3,(H,39,44)(H,40,45)/t24-/m0/s1. The smallest absolute Gasteiger partial charge is 0.274 e. The Kier molecular flexibility index (Phi) is 9.55. The molecule has 0 bridgehead atoms. The van der Waals surface area contributed by atoms with E-state index in [1.54, 1.807) is 19.5 Å². The van der Waals surface area contributed by atoms with Gasteiger partial charge in [0.15, 0.2) is 0 Å². The Morgan fingerprint density at radius 3 is 2.78 bits per heavy atom. The maximum Gasteiger partial charge on any atom is 0.274 e. The van der Waals surface area contributed by atoms with Gasteiger partial charge in [-0.2, -0.15) is 0 Å². The summed E-state index contributed by atoms with van der Waals surface area (Å²) < 4.78 is 5.61. The molecule has 0 spiro atoms. The number of aromatic nitrogens is 3. The van der Waals surface area contributed by atoms with Crippen LogP contribution in [-0.4, -0.2) is 69.6 Å². The van der Waals surface area contributed by atoms with Gasteiger partial charge in [-0.15, -0.1) is 0 Å². The maximum atomic E-state index is 13.3. The first-order valence-corrected chi connectivity index (χ1v) is 15.6. The fourth-order valence-corrected chi connectivity index (χ4v) is 6.27. The maximum absolute atomic E-state index is 13.3. The van der Waals surface area contributed by atoms with Crippen LogP contribution in [0.2, 0.25) is 5.02 Å². The van der Waals surface area contributed by atoms with E-state index >= 15 is 0 Å². The summed E-state index contributed by atoms with van der Waals surface area (Å²) >= 11 is 6.99. The van der Waals surface area contributed by atoms with Gasteiger partial charge in [-0.25, -0.2) is 4.98 Å². The fourth-order valence-electron chi connectivity index (χ4n) is 5.96. The van der Waals surface area contributed by atoms with Crippen LogP contribution in [0.5, 0.6) is 5.88 Å². The minimum atomic E-state index is -0.310. The van der Waals surface area contributed by atoms with Crippen molar-refractivity contribution in [3.05, 3.63) is 87.8 Å². The van der Waals surface area contributed by atoms with Crippen LogP contribution in [0.15, 0.2) is 54.9 Å². The summed E-state index contributed by atoms with van der Waals surface area (Å²) in [4.78, 5) is 40.6. The van der Waals surface area contributed by atoms with Crippen molar-refractivity contribution in [2.75, 3.05) is 32.1 Å². The number of fused-ring (bicyclic) bond motifs is 1. The average Bonchev–Trinajstić information content (AvgIpc) is 3.67. The average molecular weight is 642 g/mol. The Balaban J connectivity index is 1.19. The third kappa shape index (κ3) is 6.73. The molecule has 2 amide bonds. The molecule has 1 saturated heterocycles. The summed E-state index contributed by atoms with van der Waals surface area (Å²) in [5.41, 5.74) is 7.45. The van der Waals surface area contributed by atoms with Crippen LogP contribution < -0.4 is 20.7 Å². The molecule has 0 radical (unpaired) electrons. The molecule has 46 heavy (non-hydrogen) atoms. The van der Waals surface area contributed by atoms with Crippen LogP contribution in [0.1, 0.15) is 45.6 Å². The van der Waals surface area contributed by atoms with Gasteiger partial charge in [0.2, 0.25) is 11.8 Å². The number of aliphatic hydroxyl groups is 1. The monoisotopic (exact) mass is 641 g/mol. The molecule has 0 saturated carbocycles. The molecule has 0 aliphatic carbocycles. The molecular formula is C34H36ClN7O4. The highest BCUT2D eigenvalue weighted by Crippen LogP contribution is 2.38. The number of pyridine rings is 3. The van der Waals surface area contributed by atoms with E-state index in [2.05, 4.69) is 30.8 Å². The number of anilines is 1. The number of amides is 2. The van der Waals surface area contributed by atoms with Gasteiger partial charge < -0.3 is 25.8 Å². The van der Waals surface area contributed by atoms with E-state index in [-0.39, 0.29) is 24.5 Å². The van der Waals surface area contributed by atoms with Crippen molar-refractivity contribution in [3.63, 3.8) is 0 Å². The van der Waals surface area contributed by atoms with Gasteiger partial charge in [0, 0.05) is 80.0 Å². The van der Waals surface area contributed by atoms with Crippen LogP contribution in [0, 0.1) is 6.92 Å². The van der Waals surface area contributed by atoms with Crippen molar-refractivity contribution >= 4 is 29.1 Å². The summed E-state index contributed by atoms with van der Waals surface area (Å²) in [5.74, 6) is 0.266. The van der Waals surface area contributed by atoms with Gasteiger partial charge in [-0.3, -0.25) is 24.5 Å². The Labute approximate surface area is 272 Å². The summed E-state index contributed by atoms with van der Waals surface area (Å²) in [5, 5.41) is 19.0. The zero-order chi connectivity index (χ0) is 32.2. The van der Waals surface area contributed by atoms with Crippen LogP contribution >= 0.6 is 11.6 Å². The number of ether oxygens (including phenoxy) is 1. The number of hydrogen-bond donors (Lipinski definition) is 4. The topological polar surface area (TPSA) is 142 Å². The molecule has 3 aromatic heterocycles. The zero-order valence-corrected chi connectivity index (χ0v) is 26.5. The molecule has 238 valence electrons. The lowest BCUT2D eigenvalue weighted by Crippen LogP contribution is -2.35. The molecule has 1 aromatic carbocycles. The fraction of sp³-hybridized carbons (Fsp3) is 0.324. The SMILES string of the molecule is COc1nc(-c2ccnc(-c3cccc(NC(=O)c4cc5c(cn4)CN(CCO)C5)c3C)c2Cl)ccc1CNC[C@@H]1CCC(=O)N1. The number of carbonyl (C=O) groups is 2. The Hall–Kier alpha value is -4.42. The number of halogens is 1. The summed E-state index contributed by atoms with van der Waals surface area (Å²) in [7, 11) is 1.58. The van der Waals surface area contributed by atoms with E-state index in [9.17, 15) is 14.7 Å². The Morgan fingerprint density at radius 2 is 2.00 bits per heavy atom. The highest BCUT2D eigenvalue weighted by Gasteiger charge is 2.23. The summed E-state index contributed by atoms with van der Waals surface area (Å²) in [6.45, 7) is 5.18. The lowest BCUT2D eigenvalue weighted by Gasteiger charge is -2.16. The van der Waals surface area contributed by atoms with Crippen LogP contribution in [0.3, 0.4) is 0 Å². The molecule has 1 fully saturated rings. The lowest BCUT2D eigenvalue weighted by atomic mass is 10.0. The largest absolute Gasteiger partial charge is 0.481 e. The van der Waals surface area contributed by atoms with Crippen molar-refractivity contribution in [1.82, 2.24) is 30.5 Å². The Bertz CT molecular complexity index is 1780. The minimum absolute atomic E-state index is 0.0882. The van der Waals surface area contributed by atoms with E-state index < -0.39 is 0 Å². The van der Waals surface area contributed by atoms with Crippen molar-refractivity contribution in [1.29, 1.82) is 0 Å². The Morgan fingerprint density at radius 1 is 1.15 bits per heavy atom. The summed E-state index contributed by atoms with van der Waals surface area (Å²) in [6.07, 6.45) is 4.83.